The summed E-state index contributed by atoms with van der Waals surface area (Å²) in [6.45, 7) is 11.0. The molecule has 1 rings (SSSR count). The van der Waals surface area contributed by atoms with Crippen LogP contribution in [0.15, 0.2) is 36.6 Å². The maximum absolute atomic E-state index is 12.4. The molecule has 0 bridgehead atoms. The van der Waals surface area contributed by atoms with Gasteiger partial charge in [0.15, 0.2) is 5.12 Å². The maximum Gasteiger partial charge on any atom is 0.217 e. The van der Waals surface area contributed by atoms with Crippen molar-refractivity contribution in [2.45, 2.75) is 46.1 Å². The van der Waals surface area contributed by atoms with Gasteiger partial charge < -0.3 is 10.4 Å². The lowest BCUT2D eigenvalue weighted by Gasteiger charge is -2.17. The van der Waals surface area contributed by atoms with Gasteiger partial charge in [-0.05, 0) is 23.5 Å². The van der Waals surface area contributed by atoms with Gasteiger partial charge in [0.2, 0.25) is 5.91 Å². The highest BCUT2D eigenvalue weighted by atomic mass is 32.2. The Bertz CT molecular complexity index is 581. The molecule has 5 heteroatoms. The fourth-order valence-corrected chi connectivity index (χ4v) is 3.30. The second-order valence-corrected chi connectivity index (χ2v) is 7.46. The van der Waals surface area contributed by atoms with Gasteiger partial charge in [0.1, 0.15) is 5.76 Å². The summed E-state index contributed by atoms with van der Waals surface area (Å²) in [5, 5.41) is 12.1. The van der Waals surface area contributed by atoms with E-state index in [1.54, 1.807) is 0 Å². The summed E-state index contributed by atoms with van der Waals surface area (Å²) in [6, 6.07) is 7.52. The van der Waals surface area contributed by atoms with Gasteiger partial charge in [-0.2, -0.15) is 0 Å². The van der Waals surface area contributed by atoms with E-state index in [9.17, 15) is 14.7 Å². The number of aliphatic hydroxyl groups excluding tert-OH is 1. The molecule has 0 heterocycles. The fourth-order valence-electron chi connectivity index (χ4n) is 2.31. The summed E-state index contributed by atoms with van der Waals surface area (Å²) >= 11 is 1.10. The molecule has 0 unspecified atom stereocenters. The van der Waals surface area contributed by atoms with E-state index in [4.69, 9.17) is 0 Å². The molecule has 0 fully saturated rings. The molecule has 0 aliphatic carbocycles. The van der Waals surface area contributed by atoms with E-state index < -0.39 is 6.04 Å². The first-order valence-electron chi connectivity index (χ1n) is 8.11. The van der Waals surface area contributed by atoms with Crippen molar-refractivity contribution in [1.29, 1.82) is 0 Å². The number of aliphatic hydroxyl groups is 1. The van der Waals surface area contributed by atoms with Crippen LogP contribution in [0, 0.1) is 5.92 Å². The monoisotopic (exact) mass is 349 g/mol. The zero-order chi connectivity index (χ0) is 18.3. The molecule has 0 saturated carbocycles. The largest absolute Gasteiger partial charge is 0.511 e. The number of hydrogen-bond donors (Lipinski definition) is 2. The standard InChI is InChI=1S/C19H27NO3S/c1-12(2)10-16-6-8-17(9-7-16)13(3)19(23)24-11-18(14(4)21)20-15(5)22/h6-9,12-13,18,21H,4,10-11H2,1-3,5H3,(H,20,22)/t13-,18+/m0/s1. The normalized spacial score (nSPS) is 13.4. The molecule has 0 saturated heterocycles. The second kappa shape index (κ2) is 9.52. The van der Waals surface area contributed by atoms with E-state index in [0.717, 1.165) is 23.7 Å². The first-order valence-corrected chi connectivity index (χ1v) is 9.09. The molecule has 2 atom stereocenters. The highest BCUT2D eigenvalue weighted by Crippen LogP contribution is 2.24. The van der Waals surface area contributed by atoms with Gasteiger partial charge in [-0.3, -0.25) is 9.59 Å². The van der Waals surface area contributed by atoms with Crippen LogP contribution >= 0.6 is 11.8 Å². The summed E-state index contributed by atoms with van der Waals surface area (Å²) in [4.78, 5) is 23.5. The van der Waals surface area contributed by atoms with Gasteiger partial charge in [-0.15, -0.1) is 0 Å². The lowest BCUT2D eigenvalue weighted by molar-refractivity contribution is -0.119. The molecule has 2 N–H and O–H groups in total. The summed E-state index contributed by atoms with van der Waals surface area (Å²) < 4.78 is 0. The van der Waals surface area contributed by atoms with Crippen molar-refractivity contribution in [2.75, 3.05) is 5.75 Å². The van der Waals surface area contributed by atoms with E-state index in [-0.39, 0.29) is 28.5 Å². The molecule has 0 spiro atoms. The Hall–Kier alpha value is -1.75. The lowest BCUT2D eigenvalue weighted by Crippen LogP contribution is -2.36. The Kier molecular flexibility index (Phi) is 8.05. The molecule has 1 aromatic rings. The van der Waals surface area contributed by atoms with Gasteiger partial charge in [0.05, 0.1) is 12.0 Å². The topological polar surface area (TPSA) is 66.4 Å². The third-order valence-electron chi connectivity index (χ3n) is 3.65. The van der Waals surface area contributed by atoms with Crippen molar-refractivity contribution in [1.82, 2.24) is 5.32 Å². The zero-order valence-corrected chi connectivity index (χ0v) is 15.7. The summed E-state index contributed by atoms with van der Waals surface area (Å²) in [7, 11) is 0. The van der Waals surface area contributed by atoms with E-state index in [0.29, 0.717) is 5.92 Å². The molecule has 1 aromatic carbocycles. The van der Waals surface area contributed by atoms with Crippen LogP contribution in [0.2, 0.25) is 0 Å². The van der Waals surface area contributed by atoms with Crippen molar-refractivity contribution in [3.8, 4) is 0 Å². The highest BCUT2D eigenvalue weighted by Gasteiger charge is 2.20. The molecule has 0 radical (unpaired) electrons. The van der Waals surface area contributed by atoms with Crippen molar-refractivity contribution in [3.63, 3.8) is 0 Å². The molecular formula is C19H27NO3S. The van der Waals surface area contributed by atoms with Gasteiger partial charge in [-0.25, -0.2) is 0 Å². The summed E-state index contributed by atoms with van der Waals surface area (Å²) in [5.41, 5.74) is 2.24. The zero-order valence-electron chi connectivity index (χ0n) is 14.8. The molecule has 0 aliphatic rings. The Morgan fingerprint density at radius 3 is 2.25 bits per heavy atom. The molecule has 4 nitrogen and oxygen atoms in total. The van der Waals surface area contributed by atoms with Gasteiger partial charge >= 0.3 is 0 Å². The Labute approximate surface area is 148 Å². The van der Waals surface area contributed by atoms with Gasteiger partial charge in [-0.1, -0.05) is 63.4 Å². The Morgan fingerprint density at radius 1 is 1.21 bits per heavy atom. The number of thioether (sulfide) groups is 1. The van der Waals surface area contributed by atoms with Crippen LogP contribution < -0.4 is 5.32 Å². The van der Waals surface area contributed by atoms with Crippen LogP contribution in [0.25, 0.3) is 0 Å². The lowest BCUT2D eigenvalue weighted by atomic mass is 9.97. The number of carbonyl (C=O) groups excluding carboxylic acids is 2. The minimum atomic E-state index is -0.614. The molecular weight excluding hydrogens is 322 g/mol. The first-order chi connectivity index (χ1) is 11.2. The number of amides is 1. The fraction of sp³-hybridized carbons (Fsp3) is 0.474. The van der Waals surface area contributed by atoms with E-state index >= 15 is 0 Å². The van der Waals surface area contributed by atoms with E-state index in [1.807, 2.05) is 19.1 Å². The van der Waals surface area contributed by atoms with Gasteiger partial charge in [0, 0.05) is 12.7 Å². The molecule has 0 aromatic heterocycles. The van der Waals surface area contributed by atoms with Crippen LogP contribution in [-0.4, -0.2) is 27.9 Å². The summed E-state index contributed by atoms with van der Waals surface area (Å²) in [6.07, 6.45) is 1.02. The number of benzene rings is 1. The van der Waals surface area contributed by atoms with Crippen molar-refractivity contribution in [2.24, 2.45) is 5.92 Å². The van der Waals surface area contributed by atoms with Crippen molar-refractivity contribution < 1.29 is 14.7 Å². The summed E-state index contributed by atoms with van der Waals surface area (Å²) in [5.74, 6) is 0.216. The predicted octanol–water partition coefficient (Wildman–Crippen LogP) is 3.82. The van der Waals surface area contributed by atoms with Crippen LogP contribution in [-0.2, 0) is 16.0 Å². The minimum absolute atomic E-state index is 0.00297. The smallest absolute Gasteiger partial charge is 0.217 e. The second-order valence-electron chi connectivity index (χ2n) is 6.44. The average Bonchev–Trinajstić information content (AvgIpc) is 2.50. The number of nitrogens with one attached hydrogen (secondary N) is 1. The van der Waals surface area contributed by atoms with Crippen LogP contribution in [0.4, 0.5) is 0 Å². The van der Waals surface area contributed by atoms with E-state index in [1.165, 1.54) is 12.5 Å². The maximum atomic E-state index is 12.4. The third kappa shape index (κ3) is 6.79. The Morgan fingerprint density at radius 2 is 1.79 bits per heavy atom. The SMILES string of the molecule is C=C(O)[C@@H](CSC(=O)[C@@H](C)c1ccc(CC(C)C)cc1)NC(C)=O. The quantitative estimate of drug-likeness (QED) is 0.700. The Balaban J connectivity index is 2.63. The number of rotatable bonds is 8. The van der Waals surface area contributed by atoms with Gasteiger partial charge in [0.25, 0.3) is 0 Å². The molecule has 0 aliphatic heterocycles. The van der Waals surface area contributed by atoms with E-state index in [2.05, 4.69) is 37.9 Å². The third-order valence-corrected chi connectivity index (χ3v) is 4.79. The first kappa shape index (κ1) is 20.3. The van der Waals surface area contributed by atoms with Crippen molar-refractivity contribution >= 4 is 22.8 Å². The predicted molar refractivity (Wildman–Crippen MR) is 100 cm³/mol. The highest BCUT2D eigenvalue weighted by molar-refractivity contribution is 8.13. The number of carbonyl (C=O) groups is 2. The van der Waals surface area contributed by atoms with Crippen molar-refractivity contribution in [3.05, 3.63) is 47.7 Å². The molecule has 1 amide bonds. The van der Waals surface area contributed by atoms with Crippen LogP contribution in [0.3, 0.4) is 0 Å². The molecule has 132 valence electrons. The van der Waals surface area contributed by atoms with Crippen LogP contribution in [0.1, 0.15) is 44.7 Å². The van der Waals surface area contributed by atoms with Crippen LogP contribution in [0.5, 0.6) is 0 Å². The molecule has 24 heavy (non-hydrogen) atoms. The average molecular weight is 349 g/mol. The number of hydrogen-bond acceptors (Lipinski definition) is 4. The minimum Gasteiger partial charge on any atom is -0.511 e.